The molecule has 0 saturated carbocycles. The quantitative estimate of drug-likeness (QED) is 0.164. The van der Waals surface area contributed by atoms with Crippen LogP contribution in [-0.2, 0) is 10.8 Å². The standard InChI is InChI=1S/C64H46N2S2/c1-63(2)53-23-13-11-20-45(53)47-30-26-41(34-55(47)63)65(39-16-7-5-8-17-39)43-28-32-49-52-38-60-61(51-22-15-25-57(62(51)52)67-58(49)36-43)50-33-29-44(37-59(50)68-60)66(40-18-9-6-10-19-40)42-27-31-48-46-21-12-14-24-54(46)64(3,4)56(48)35-42/h5-38H,1-4H3. The first-order chi connectivity index (χ1) is 33.2. The number of para-hydroxylation sites is 2. The highest BCUT2D eigenvalue weighted by Gasteiger charge is 2.37. The molecule has 0 amide bonds. The van der Waals surface area contributed by atoms with E-state index in [1.807, 2.05) is 23.1 Å². The van der Waals surface area contributed by atoms with Crippen molar-refractivity contribution in [2.75, 3.05) is 9.80 Å². The fourth-order valence-corrected chi connectivity index (χ4v) is 14.3. The third-order valence-corrected chi connectivity index (χ3v) is 17.4. The Bertz CT molecular complexity index is 3900. The van der Waals surface area contributed by atoms with Crippen LogP contribution in [0.25, 0.3) is 64.3 Å². The molecular weight excluding hydrogens is 861 g/mol. The third kappa shape index (κ3) is 5.71. The second kappa shape index (κ2) is 14.6. The number of benzene rings is 10. The van der Waals surface area contributed by atoms with Gasteiger partial charge in [0, 0.05) is 80.3 Å². The molecule has 0 fully saturated rings. The van der Waals surface area contributed by atoms with Gasteiger partial charge >= 0.3 is 0 Å². The Labute approximate surface area is 405 Å². The van der Waals surface area contributed by atoms with Crippen molar-refractivity contribution in [3.63, 3.8) is 0 Å². The van der Waals surface area contributed by atoms with Gasteiger partial charge in [-0.05, 0) is 146 Å². The first-order valence-corrected chi connectivity index (χ1v) is 25.3. The average Bonchev–Trinajstić information content (AvgIpc) is 3.94. The molecule has 324 valence electrons. The summed E-state index contributed by atoms with van der Waals surface area (Å²) in [6.45, 7) is 9.46. The molecule has 0 saturated heterocycles. The van der Waals surface area contributed by atoms with Crippen molar-refractivity contribution in [2.45, 2.75) is 48.3 Å². The molecule has 11 aromatic rings. The summed E-state index contributed by atoms with van der Waals surface area (Å²) in [6, 6.07) is 77.3. The highest BCUT2D eigenvalue weighted by atomic mass is 32.2. The Morgan fingerprint density at radius 1 is 0.309 bits per heavy atom. The number of rotatable bonds is 6. The van der Waals surface area contributed by atoms with Gasteiger partial charge in [-0.25, -0.2) is 0 Å². The first kappa shape index (κ1) is 39.8. The molecule has 2 aliphatic carbocycles. The minimum atomic E-state index is -0.0910. The van der Waals surface area contributed by atoms with Crippen LogP contribution in [0.5, 0.6) is 0 Å². The molecule has 0 unspecified atom stereocenters. The van der Waals surface area contributed by atoms with Crippen molar-refractivity contribution in [1.82, 2.24) is 0 Å². The van der Waals surface area contributed by atoms with Crippen LogP contribution < -0.4 is 9.80 Å². The van der Waals surface area contributed by atoms with Crippen LogP contribution in [0.1, 0.15) is 49.9 Å². The number of hydrogen-bond donors (Lipinski definition) is 0. The Kier molecular flexibility index (Phi) is 8.52. The van der Waals surface area contributed by atoms with Crippen LogP contribution >= 0.6 is 23.1 Å². The van der Waals surface area contributed by atoms with E-state index in [9.17, 15) is 0 Å². The number of anilines is 6. The maximum atomic E-state index is 2.48. The second-order valence-electron chi connectivity index (χ2n) is 19.7. The molecule has 1 aromatic heterocycles. The van der Waals surface area contributed by atoms with Crippen LogP contribution in [0.15, 0.2) is 216 Å². The zero-order chi connectivity index (χ0) is 45.5. The number of fused-ring (bicyclic) bond motifs is 12. The van der Waals surface area contributed by atoms with Gasteiger partial charge in [0.05, 0.1) is 0 Å². The summed E-state index contributed by atoms with van der Waals surface area (Å²) in [5, 5.41) is 5.32. The van der Waals surface area contributed by atoms with Gasteiger partial charge < -0.3 is 9.80 Å². The lowest BCUT2D eigenvalue weighted by atomic mass is 9.82. The predicted octanol–water partition coefficient (Wildman–Crippen LogP) is 18.9. The lowest BCUT2D eigenvalue weighted by molar-refractivity contribution is 0.660. The molecule has 10 aromatic carbocycles. The highest BCUT2D eigenvalue weighted by Crippen LogP contribution is 2.56. The minimum Gasteiger partial charge on any atom is -0.310 e. The molecule has 68 heavy (non-hydrogen) atoms. The van der Waals surface area contributed by atoms with Gasteiger partial charge in [0.25, 0.3) is 0 Å². The van der Waals surface area contributed by atoms with Crippen LogP contribution in [0.4, 0.5) is 34.1 Å². The monoisotopic (exact) mass is 906 g/mol. The molecule has 0 spiro atoms. The number of thiophene rings is 1. The van der Waals surface area contributed by atoms with Gasteiger partial charge in [0.15, 0.2) is 0 Å². The van der Waals surface area contributed by atoms with Crippen LogP contribution in [0.3, 0.4) is 0 Å². The summed E-state index contributed by atoms with van der Waals surface area (Å²) in [7, 11) is 0. The predicted molar refractivity (Wildman–Crippen MR) is 291 cm³/mol. The summed E-state index contributed by atoms with van der Waals surface area (Å²) in [4.78, 5) is 7.45. The van der Waals surface area contributed by atoms with Gasteiger partial charge in [-0.15, -0.1) is 11.3 Å². The third-order valence-electron chi connectivity index (χ3n) is 15.2. The fourth-order valence-electron chi connectivity index (χ4n) is 11.9. The molecule has 0 bridgehead atoms. The minimum absolute atomic E-state index is 0.0893. The maximum absolute atomic E-state index is 2.48. The van der Waals surface area contributed by atoms with Crippen molar-refractivity contribution in [3.8, 4) is 33.4 Å². The van der Waals surface area contributed by atoms with E-state index >= 15 is 0 Å². The molecular formula is C64H46N2S2. The zero-order valence-electron chi connectivity index (χ0n) is 38.3. The van der Waals surface area contributed by atoms with Gasteiger partial charge in [-0.3, -0.25) is 0 Å². The topological polar surface area (TPSA) is 6.48 Å². The van der Waals surface area contributed by atoms with Gasteiger partial charge in [-0.2, -0.15) is 0 Å². The van der Waals surface area contributed by atoms with E-state index in [-0.39, 0.29) is 10.8 Å². The summed E-state index contributed by atoms with van der Waals surface area (Å²) in [6.07, 6.45) is 0. The van der Waals surface area contributed by atoms with E-state index in [0.717, 1.165) is 22.7 Å². The van der Waals surface area contributed by atoms with E-state index in [1.165, 1.54) is 108 Å². The molecule has 0 N–H and O–H groups in total. The molecule has 2 nitrogen and oxygen atoms in total. The Hall–Kier alpha value is -7.37. The van der Waals surface area contributed by atoms with Crippen molar-refractivity contribution in [1.29, 1.82) is 0 Å². The molecule has 2 heterocycles. The van der Waals surface area contributed by atoms with E-state index in [0.29, 0.717) is 0 Å². The Morgan fingerprint density at radius 3 is 1.41 bits per heavy atom. The summed E-state index contributed by atoms with van der Waals surface area (Å²) in [5.41, 5.74) is 20.3. The lowest BCUT2D eigenvalue weighted by Gasteiger charge is -2.29. The van der Waals surface area contributed by atoms with Gasteiger partial charge in [0.1, 0.15) is 0 Å². The Balaban J connectivity index is 0.885. The van der Waals surface area contributed by atoms with Crippen molar-refractivity contribution in [2.24, 2.45) is 0 Å². The highest BCUT2D eigenvalue weighted by molar-refractivity contribution is 7.99. The normalized spacial score (nSPS) is 14.4. The summed E-state index contributed by atoms with van der Waals surface area (Å²) >= 11 is 3.81. The van der Waals surface area contributed by atoms with Gasteiger partial charge in [-0.1, -0.05) is 161 Å². The molecule has 1 aliphatic heterocycles. The van der Waals surface area contributed by atoms with E-state index < -0.39 is 0 Å². The smallest absolute Gasteiger partial charge is 0.0476 e. The first-order valence-electron chi connectivity index (χ1n) is 23.7. The molecule has 4 heteroatoms. The number of nitrogens with zero attached hydrogens (tertiary/aromatic N) is 2. The van der Waals surface area contributed by atoms with Crippen molar-refractivity contribution in [3.05, 3.63) is 229 Å². The average molecular weight is 907 g/mol. The largest absolute Gasteiger partial charge is 0.310 e. The Morgan fingerprint density at radius 2 is 0.809 bits per heavy atom. The van der Waals surface area contributed by atoms with Crippen LogP contribution in [0, 0.1) is 0 Å². The number of hydrogen-bond acceptors (Lipinski definition) is 4. The maximum Gasteiger partial charge on any atom is 0.0476 e. The van der Waals surface area contributed by atoms with E-state index in [2.05, 4.69) is 244 Å². The van der Waals surface area contributed by atoms with Gasteiger partial charge in [0.2, 0.25) is 0 Å². The van der Waals surface area contributed by atoms with E-state index in [1.54, 1.807) is 0 Å². The molecule has 3 aliphatic rings. The van der Waals surface area contributed by atoms with Crippen LogP contribution in [0.2, 0.25) is 0 Å². The summed E-state index contributed by atoms with van der Waals surface area (Å²) in [5.74, 6) is 0. The fraction of sp³-hybridized carbons (Fsp3) is 0.0938. The van der Waals surface area contributed by atoms with Crippen molar-refractivity contribution < 1.29 is 0 Å². The molecule has 0 atom stereocenters. The van der Waals surface area contributed by atoms with Crippen LogP contribution in [-0.4, -0.2) is 0 Å². The second-order valence-corrected chi connectivity index (χ2v) is 21.9. The van der Waals surface area contributed by atoms with E-state index in [4.69, 9.17) is 0 Å². The molecule has 14 rings (SSSR count). The summed E-state index contributed by atoms with van der Waals surface area (Å²) < 4.78 is 2.60. The van der Waals surface area contributed by atoms with Crippen molar-refractivity contribution >= 4 is 88.2 Å². The SMILES string of the molecule is CC1(C)c2ccccc2-c2ccc(N(c3ccccc3)c3ccc4c(c3)Sc3cccc5c3c-4cc3sc4cc(N(c6ccccc6)c6ccc7c(c6)C(C)(C)c6ccccc6-7)ccc4c35)cc21. The molecule has 0 radical (unpaired) electrons. The lowest BCUT2D eigenvalue weighted by Crippen LogP contribution is -2.16. The zero-order valence-corrected chi connectivity index (χ0v) is 40.0.